The van der Waals surface area contributed by atoms with Crippen molar-refractivity contribution in [2.75, 3.05) is 0 Å². The van der Waals surface area contributed by atoms with E-state index >= 15 is 0 Å². The molecule has 0 aromatic heterocycles. The number of hydrogen-bond donors (Lipinski definition) is 1. The lowest BCUT2D eigenvalue weighted by atomic mass is 10.0. The SMILES string of the molecule is C=C(C#Cc1ccccc1)C(C)(C)O. The van der Waals surface area contributed by atoms with Crippen molar-refractivity contribution in [1.29, 1.82) is 0 Å². The van der Waals surface area contributed by atoms with Gasteiger partial charge in [0.05, 0.1) is 5.60 Å². The van der Waals surface area contributed by atoms with Crippen LogP contribution < -0.4 is 0 Å². The van der Waals surface area contributed by atoms with Crippen LogP contribution in [0.4, 0.5) is 0 Å². The van der Waals surface area contributed by atoms with Crippen LogP contribution in [-0.4, -0.2) is 10.7 Å². The van der Waals surface area contributed by atoms with E-state index in [1.165, 1.54) is 0 Å². The Labute approximate surface area is 85.1 Å². The highest BCUT2D eigenvalue weighted by Crippen LogP contribution is 2.11. The van der Waals surface area contributed by atoms with E-state index in [1.54, 1.807) is 13.8 Å². The molecule has 0 aliphatic heterocycles. The zero-order chi connectivity index (χ0) is 10.6. The lowest BCUT2D eigenvalue weighted by Gasteiger charge is -2.14. The van der Waals surface area contributed by atoms with Crippen LogP contribution in [0.15, 0.2) is 42.5 Å². The first kappa shape index (κ1) is 10.6. The molecule has 1 nitrogen and oxygen atoms in total. The van der Waals surface area contributed by atoms with Gasteiger partial charge in [0, 0.05) is 11.1 Å². The highest BCUT2D eigenvalue weighted by atomic mass is 16.3. The van der Waals surface area contributed by atoms with Crippen molar-refractivity contribution in [3.05, 3.63) is 48.0 Å². The number of hydrogen-bond acceptors (Lipinski definition) is 1. The Morgan fingerprint density at radius 3 is 2.36 bits per heavy atom. The Hall–Kier alpha value is -1.52. The topological polar surface area (TPSA) is 20.2 Å². The predicted octanol–water partition coefficient (Wildman–Crippen LogP) is 2.37. The van der Waals surface area contributed by atoms with Gasteiger partial charge in [-0.1, -0.05) is 36.6 Å². The first-order chi connectivity index (χ1) is 6.50. The van der Waals surface area contributed by atoms with Gasteiger partial charge in [0.25, 0.3) is 0 Å². The molecule has 0 aliphatic rings. The van der Waals surface area contributed by atoms with Gasteiger partial charge in [0.15, 0.2) is 0 Å². The summed E-state index contributed by atoms with van der Waals surface area (Å²) in [6.45, 7) is 7.07. The second kappa shape index (κ2) is 4.13. The molecule has 1 heteroatoms. The van der Waals surface area contributed by atoms with Gasteiger partial charge in [-0.3, -0.25) is 0 Å². The Bertz CT molecular complexity index is 371. The van der Waals surface area contributed by atoms with Crippen LogP contribution in [-0.2, 0) is 0 Å². The van der Waals surface area contributed by atoms with Crippen molar-refractivity contribution in [3.8, 4) is 11.8 Å². The molecule has 0 spiro atoms. The van der Waals surface area contributed by atoms with Crippen LogP contribution in [0, 0.1) is 11.8 Å². The fourth-order valence-electron chi connectivity index (χ4n) is 0.822. The molecule has 14 heavy (non-hydrogen) atoms. The predicted molar refractivity (Wildman–Crippen MR) is 58.8 cm³/mol. The van der Waals surface area contributed by atoms with Crippen LogP contribution in [0.1, 0.15) is 19.4 Å². The highest BCUT2D eigenvalue weighted by molar-refractivity contribution is 5.41. The van der Waals surface area contributed by atoms with Crippen molar-refractivity contribution < 1.29 is 5.11 Å². The minimum Gasteiger partial charge on any atom is -0.385 e. The molecule has 0 aliphatic carbocycles. The minimum atomic E-state index is -0.929. The Morgan fingerprint density at radius 2 is 1.86 bits per heavy atom. The van der Waals surface area contributed by atoms with Gasteiger partial charge in [0.2, 0.25) is 0 Å². The summed E-state index contributed by atoms with van der Waals surface area (Å²) in [5, 5.41) is 9.56. The van der Waals surface area contributed by atoms with E-state index in [1.807, 2.05) is 30.3 Å². The van der Waals surface area contributed by atoms with Gasteiger partial charge < -0.3 is 5.11 Å². The maximum absolute atomic E-state index is 9.56. The maximum Gasteiger partial charge on any atom is 0.0912 e. The average Bonchev–Trinajstić information content (AvgIpc) is 2.14. The van der Waals surface area contributed by atoms with Crippen molar-refractivity contribution in [2.24, 2.45) is 0 Å². The first-order valence-corrected chi connectivity index (χ1v) is 4.49. The smallest absolute Gasteiger partial charge is 0.0912 e. The number of benzene rings is 1. The highest BCUT2D eigenvalue weighted by Gasteiger charge is 2.14. The lowest BCUT2D eigenvalue weighted by molar-refractivity contribution is 0.125. The molecule has 0 saturated heterocycles. The summed E-state index contributed by atoms with van der Waals surface area (Å²) in [6.07, 6.45) is 0. The van der Waals surface area contributed by atoms with E-state index < -0.39 is 5.60 Å². The third-order valence-electron chi connectivity index (χ3n) is 1.87. The molecule has 0 heterocycles. The zero-order valence-corrected chi connectivity index (χ0v) is 8.54. The van der Waals surface area contributed by atoms with Crippen molar-refractivity contribution >= 4 is 0 Å². The summed E-state index contributed by atoms with van der Waals surface area (Å²) in [4.78, 5) is 0. The van der Waals surface area contributed by atoms with Crippen LogP contribution in [0.5, 0.6) is 0 Å². The molecular weight excluding hydrogens is 172 g/mol. The van der Waals surface area contributed by atoms with Crippen LogP contribution in [0.2, 0.25) is 0 Å². The zero-order valence-electron chi connectivity index (χ0n) is 8.54. The van der Waals surface area contributed by atoms with Crippen molar-refractivity contribution in [2.45, 2.75) is 19.4 Å². The molecule has 72 valence electrons. The van der Waals surface area contributed by atoms with Crippen molar-refractivity contribution in [3.63, 3.8) is 0 Å². The molecule has 1 aromatic carbocycles. The average molecular weight is 186 g/mol. The molecule has 1 aromatic rings. The summed E-state index contributed by atoms with van der Waals surface area (Å²) in [5.74, 6) is 5.79. The normalized spacial score (nSPS) is 10.2. The molecule has 1 rings (SSSR count). The van der Waals surface area contributed by atoms with Gasteiger partial charge in [-0.2, -0.15) is 0 Å². The number of aliphatic hydroxyl groups is 1. The Morgan fingerprint density at radius 1 is 1.29 bits per heavy atom. The largest absolute Gasteiger partial charge is 0.385 e. The monoisotopic (exact) mass is 186 g/mol. The molecule has 0 amide bonds. The van der Waals surface area contributed by atoms with E-state index in [9.17, 15) is 5.11 Å². The molecule has 0 radical (unpaired) electrons. The Kier molecular flexibility index (Phi) is 3.11. The van der Waals surface area contributed by atoms with E-state index in [2.05, 4.69) is 18.4 Å². The van der Waals surface area contributed by atoms with Crippen LogP contribution in [0.3, 0.4) is 0 Å². The summed E-state index contributed by atoms with van der Waals surface area (Å²) in [5.41, 5.74) is 0.529. The van der Waals surface area contributed by atoms with E-state index in [-0.39, 0.29) is 0 Å². The second-order valence-electron chi connectivity index (χ2n) is 3.65. The van der Waals surface area contributed by atoms with Gasteiger partial charge >= 0.3 is 0 Å². The second-order valence-corrected chi connectivity index (χ2v) is 3.65. The van der Waals surface area contributed by atoms with Gasteiger partial charge in [0.1, 0.15) is 0 Å². The molecule has 0 bridgehead atoms. The Balaban J connectivity index is 2.80. The molecular formula is C13H14O. The van der Waals surface area contributed by atoms with Crippen molar-refractivity contribution in [1.82, 2.24) is 0 Å². The van der Waals surface area contributed by atoms with Crippen LogP contribution >= 0.6 is 0 Å². The summed E-state index contributed by atoms with van der Waals surface area (Å²) >= 11 is 0. The fourth-order valence-corrected chi connectivity index (χ4v) is 0.822. The van der Waals surface area contributed by atoms with Gasteiger partial charge in [-0.25, -0.2) is 0 Å². The fraction of sp³-hybridized carbons (Fsp3) is 0.231. The first-order valence-electron chi connectivity index (χ1n) is 4.49. The van der Waals surface area contributed by atoms with E-state index in [0.29, 0.717) is 5.57 Å². The standard InChI is InChI=1S/C13H14O/c1-11(13(2,3)14)9-10-12-7-5-4-6-8-12/h4-8,14H,1H2,2-3H3. The molecule has 1 N–H and O–H groups in total. The quantitative estimate of drug-likeness (QED) is 0.667. The third-order valence-corrected chi connectivity index (χ3v) is 1.87. The molecule has 0 fully saturated rings. The van der Waals surface area contributed by atoms with Gasteiger partial charge in [-0.15, -0.1) is 0 Å². The van der Waals surface area contributed by atoms with Crippen LogP contribution in [0.25, 0.3) is 0 Å². The third kappa shape index (κ3) is 3.08. The molecule has 0 unspecified atom stereocenters. The molecule has 0 saturated carbocycles. The van der Waals surface area contributed by atoms with E-state index in [4.69, 9.17) is 0 Å². The summed E-state index contributed by atoms with van der Waals surface area (Å²) < 4.78 is 0. The van der Waals surface area contributed by atoms with E-state index in [0.717, 1.165) is 5.56 Å². The maximum atomic E-state index is 9.56. The van der Waals surface area contributed by atoms with Gasteiger partial charge in [-0.05, 0) is 26.0 Å². The molecule has 0 atom stereocenters. The summed E-state index contributed by atoms with van der Waals surface area (Å²) in [7, 11) is 0. The summed E-state index contributed by atoms with van der Waals surface area (Å²) in [6, 6.07) is 9.64. The minimum absolute atomic E-state index is 0.529. The lowest BCUT2D eigenvalue weighted by Crippen LogP contribution is -2.19. The number of rotatable bonds is 1.